The summed E-state index contributed by atoms with van der Waals surface area (Å²) in [5, 5.41) is 0. The first-order valence-corrected chi connectivity index (χ1v) is 7.70. The van der Waals surface area contributed by atoms with E-state index in [9.17, 15) is 9.59 Å². The molecule has 1 aromatic carbocycles. The molecule has 1 atom stereocenters. The molecule has 0 N–H and O–H groups in total. The number of hydrogen-bond acceptors (Lipinski definition) is 3. The van der Waals surface area contributed by atoms with Crippen molar-refractivity contribution in [3.05, 3.63) is 35.9 Å². The van der Waals surface area contributed by atoms with Crippen molar-refractivity contribution in [2.45, 2.75) is 25.7 Å². The molecule has 0 aliphatic carbocycles. The van der Waals surface area contributed by atoms with Gasteiger partial charge in [-0.3, -0.25) is 14.5 Å². The number of carbonyl (C=O) groups is 2. The average molecular weight is 287 g/mol. The molecular formula is C17H21NO3. The van der Waals surface area contributed by atoms with Crippen LogP contribution in [0, 0.1) is 11.8 Å². The fourth-order valence-electron chi connectivity index (χ4n) is 3.19. The zero-order chi connectivity index (χ0) is 14.7. The molecule has 3 rings (SSSR count). The Kier molecular flexibility index (Phi) is 4.34. The number of nitrogens with zero attached hydrogens (tertiary/aromatic N) is 1. The molecule has 2 aliphatic rings. The summed E-state index contributed by atoms with van der Waals surface area (Å²) in [5.74, 6) is 0.227. The van der Waals surface area contributed by atoms with E-state index in [-0.39, 0.29) is 17.7 Å². The third kappa shape index (κ3) is 3.32. The minimum absolute atomic E-state index is 0.00702. The van der Waals surface area contributed by atoms with Crippen molar-refractivity contribution in [3.8, 4) is 0 Å². The van der Waals surface area contributed by atoms with Crippen LogP contribution in [-0.2, 0) is 20.7 Å². The van der Waals surface area contributed by atoms with Crippen molar-refractivity contribution < 1.29 is 14.3 Å². The maximum Gasteiger partial charge on any atom is 0.233 e. The van der Waals surface area contributed by atoms with Gasteiger partial charge in [0.15, 0.2) is 0 Å². The SMILES string of the molecule is O=C1CC(Cc2ccccc2)C(=O)N1CC1CCOCC1. The molecule has 1 unspecified atom stereocenters. The fraction of sp³-hybridized carbons (Fsp3) is 0.529. The van der Waals surface area contributed by atoms with Gasteiger partial charge in [0.2, 0.25) is 11.8 Å². The summed E-state index contributed by atoms with van der Waals surface area (Å²) in [4.78, 5) is 26.1. The summed E-state index contributed by atoms with van der Waals surface area (Å²) in [7, 11) is 0. The van der Waals surface area contributed by atoms with Gasteiger partial charge in [-0.2, -0.15) is 0 Å². The van der Waals surface area contributed by atoms with E-state index in [0.717, 1.165) is 31.6 Å². The van der Waals surface area contributed by atoms with Crippen LogP contribution in [0.3, 0.4) is 0 Å². The van der Waals surface area contributed by atoms with Crippen LogP contribution in [-0.4, -0.2) is 36.5 Å². The lowest BCUT2D eigenvalue weighted by Gasteiger charge is -2.26. The molecule has 2 aliphatic heterocycles. The van der Waals surface area contributed by atoms with Gasteiger partial charge in [0.05, 0.1) is 5.92 Å². The number of benzene rings is 1. The van der Waals surface area contributed by atoms with Crippen molar-refractivity contribution in [2.24, 2.45) is 11.8 Å². The van der Waals surface area contributed by atoms with Crippen molar-refractivity contribution in [1.29, 1.82) is 0 Å². The standard InChI is InChI=1S/C17H21NO3/c19-16-11-15(10-13-4-2-1-3-5-13)17(20)18(16)12-14-6-8-21-9-7-14/h1-5,14-15H,6-12H2. The van der Waals surface area contributed by atoms with Crippen LogP contribution >= 0.6 is 0 Å². The van der Waals surface area contributed by atoms with E-state index >= 15 is 0 Å². The lowest BCUT2D eigenvalue weighted by Crippen LogP contribution is -2.37. The molecule has 4 heteroatoms. The molecule has 2 fully saturated rings. The van der Waals surface area contributed by atoms with Crippen LogP contribution < -0.4 is 0 Å². The minimum Gasteiger partial charge on any atom is -0.381 e. The first-order chi connectivity index (χ1) is 10.2. The van der Waals surface area contributed by atoms with Crippen molar-refractivity contribution in [1.82, 2.24) is 4.90 Å². The largest absolute Gasteiger partial charge is 0.381 e. The highest BCUT2D eigenvalue weighted by Gasteiger charge is 2.39. The second-order valence-electron chi connectivity index (χ2n) is 5.99. The lowest BCUT2D eigenvalue weighted by molar-refractivity contribution is -0.140. The van der Waals surface area contributed by atoms with E-state index in [1.54, 1.807) is 0 Å². The molecule has 2 amide bonds. The molecule has 0 spiro atoms. The van der Waals surface area contributed by atoms with E-state index in [4.69, 9.17) is 4.74 Å². The quantitative estimate of drug-likeness (QED) is 0.796. The molecule has 2 saturated heterocycles. The van der Waals surface area contributed by atoms with Crippen molar-refractivity contribution >= 4 is 11.8 Å². The van der Waals surface area contributed by atoms with Gasteiger partial charge in [0.1, 0.15) is 0 Å². The number of imide groups is 1. The summed E-state index contributed by atoms with van der Waals surface area (Å²) < 4.78 is 5.33. The summed E-state index contributed by atoms with van der Waals surface area (Å²) in [5.41, 5.74) is 1.12. The van der Waals surface area contributed by atoms with Crippen LogP contribution in [0.25, 0.3) is 0 Å². The van der Waals surface area contributed by atoms with Crippen LogP contribution in [0.1, 0.15) is 24.8 Å². The first kappa shape index (κ1) is 14.3. The molecule has 0 radical (unpaired) electrons. The smallest absolute Gasteiger partial charge is 0.233 e. The van der Waals surface area contributed by atoms with Crippen LogP contribution in [0.4, 0.5) is 0 Å². The normalized spacial score (nSPS) is 23.8. The number of hydrogen-bond donors (Lipinski definition) is 0. The lowest BCUT2D eigenvalue weighted by atomic mass is 9.97. The molecule has 112 valence electrons. The van der Waals surface area contributed by atoms with Gasteiger partial charge in [-0.1, -0.05) is 30.3 Å². The predicted octanol–water partition coefficient (Wildman–Crippen LogP) is 2.03. The zero-order valence-corrected chi connectivity index (χ0v) is 12.2. The second kappa shape index (κ2) is 6.39. The topological polar surface area (TPSA) is 46.6 Å². The second-order valence-corrected chi connectivity index (χ2v) is 5.99. The molecule has 21 heavy (non-hydrogen) atoms. The number of ether oxygens (including phenoxy) is 1. The van der Waals surface area contributed by atoms with Gasteiger partial charge in [-0.05, 0) is 30.7 Å². The molecule has 1 aromatic rings. The van der Waals surface area contributed by atoms with Gasteiger partial charge < -0.3 is 4.74 Å². The van der Waals surface area contributed by atoms with E-state index < -0.39 is 0 Å². The summed E-state index contributed by atoms with van der Waals surface area (Å²) in [6, 6.07) is 9.92. The first-order valence-electron chi connectivity index (χ1n) is 7.70. The Bertz CT molecular complexity index is 508. The Morgan fingerprint density at radius 2 is 1.81 bits per heavy atom. The highest BCUT2D eigenvalue weighted by Crippen LogP contribution is 2.26. The third-order valence-electron chi connectivity index (χ3n) is 4.44. The third-order valence-corrected chi connectivity index (χ3v) is 4.44. The van der Waals surface area contributed by atoms with E-state index in [2.05, 4.69) is 0 Å². The molecule has 0 aromatic heterocycles. The summed E-state index contributed by atoms with van der Waals surface area (Å²) in [6.07, 6.45) is 2.91. The van der Waals surface area contributed by atoms with Gasteiger partial charge in [-0.25, -0.2) is 0 Å². The van der Waals surface area contributed by atoms with Crippen LogP contribution in [0.5, 0.6) is 0 Å². The predicted molar refractivity (Wildman–Crippen MR) is 78.5 cm³/mol. The number of rotatable bonds is 4. The van der Waals surface area contributed by atoms with Crippen molar-refractivity contribution in [3.63, 3.8) is 0 Å². The monoisotopic (exact) mass is 287 g/mol. The summed E-state index contributed by atoms with van der Waals surface area (Å²) >= 11 is 0. The van der Waals surface area contributed by atoms with Gasteiger partial charge >= 0.3 is 0 Å². The molecule has 0 saturated carbocycles. The summed E-state index contributed by atoms with van der Waals surface area (Å²) in [6.45, 7) is 2.06. The van der Waals surface area contributed by atoms with Crippen LogP contribution in [0.15, 0.2) is 30.3 Å². The maximum absolute atomic E-state index is 12.5. The van der Waals surface area contributed by atoms with E-state index in [1.165, 1.54) is 4.90 Å². The Hall–Kier alpha value is -1.68. The fourth-order valence-corrected chi connectivity index (χ4v) is 3.19. The zero-order valence-electron chi connectivity index (χ0n) is 12.2. The van der Waals surface area contributed by atoms with Gasteiger partial charge in [0.25, 0.3) is 0 Å². The highest BCUT2D eigenvalue weighted by atomic mass is 16.5. The Morgan fingerprint density at radius 1 is 1.10 bits per heavy atom. The highest BCUT2D eigenvalue weighted by molar-refractivity contribution is 6.03. The number of carbonyl (C=O) groups excluding carboxylic acids is 2. The van der Waals surface area contributed by atoms with Crippen LogP contribution in [0.2, 0.25) is 0 Å². The Balaban J connectivity index is 1.61. The Labute approximate surface area is 125 Å². The average Bonchev–Trinajstić information content (AvgIpc) is 2.77. The van der Waals surface area contributed by atoms with Crippen molar-refractivity contribution in [2.75, 3.05) is 19.8 Å². The minimum atomic E-state index is -0.181. The number of likely N-dealkylation sites (tertiary alicyclic amines) is 1. The molecule has 4 nitrogen and oxygen atoms in total. The van der Waals surface area contributed by atoms with E-state index in [0.29, 0.717) is 25.3 Å². The number of amides is 2. The Morgan fingerprint density at radius 3 is 2.52 bits per heavy atom. The van der Waals surface area contributed by atoms with Gasteiger partial charge in [0, 0.05) is 26.2 Å². The molecule has 0 bridgehead atoms. The van der Waals surface area contributed by atoms with Gasteiger partial charge in [-0.15, -0.1) is 0 Å². The maximum atomic E-state index is 12.5. The molecular weight excluding hydrogens is 266 g/mol. The van der Waals surface area contributed by atoms with E-state index in [1.807, 2.05) is 30.3 Å². The molecule has 2 heterocycles.